The number of nitrogens with zero attached hydrogens (tertiary/aromatic N) is 2. The minimum absolute atomic E-state index is 0.154. The summed E-state index contributed by atoms with van der Waals surface area (Å²) < 4.78 is 17.9. The molecule has 1 aliphatic rings. The zero-order valence-corrected chi connectivity index (χ0v) is 21.4. The topological polar surface area (TPSA) is 128 Å². The van der Waals surface area contributed by atoms with Gasteiger partial charge in [0.15, 0.2) is 16.3 Å². The predicted molar refractivity (Wildman–Crippen MR) is 138 cm³/mol. The second-order valence-electron chi connectivity index (χ2n) is 7.94. The fraction of sp³-hybridized carbons (Fsp3) is 0.231. The van der Waals surface area contributed by atoms with Crippen LogP contribution >= 0.6 is 11.3 Å². The van der Waals surface area contributed by atoms with Crippen molar-refractivity contribution in [1.82, 2.24) is 4.57 Å². The molecule has 11 heteroatoms. The maximum atomic E-state index is 13.6. The van der Waals surface area contributed by atoms with Crippen molar-refractivity contribution in [1.29, 1.82) is 0 Å². The highest BCUT2D eigenvalue weighted by Gasteiger charge is 2.33. The van der Waals surface area contributed by atoms with Crippen molar-refractivity contribution in [2.24, 2.45) is 4.99 Å². The number of carboxylic acids is 1. The first-order chi connectivity index (χ1) is 17.8. The molecule has 0 aliphatic carbocycles. The fourth-order valence-corrected chi connectivity index (χ4v) is 4.96. The molecule has 0 amide bonds. The first kappa shape index (κ1) is 25.7. The van der Waals surface area contributed by atoms with Crippen LogP contribution in [0.3, 0.4) is 0 Å². The molecule has 192 valence electrons. The summed E-state index contributed by atoms with van der Waals surface area (Å²) in [7, 11) is 3.03. The zero-order chi connectivity index (χ0) is 26.7. The SMILES string of the molecule is CCOC(=O)C1=C(C)N=c2s/c(=C\Nc3ccc(C(=O)O)cc3)c(=O)n2[C@H]1c1ccc(OC)c(OC)c1. The van der Waals surface area contributed by atoms with Crippen LogP contribution in [-0.2, 0) is 9.53 Å². The maximum Gasteiger partial charge on any atom is 0.338 e. The summed E-state index contributed by atoms with van der Waals surface area (Å²) in [5.41, 5.74) is 1.73. The fourth-order valence-electron chi connectivity index (χ4n) is 3.99. The number of carbonyl (C=O) groups is 2. The molecule has 1 atom stereocenters. The van der Waals surface area contributed by atoms with Crippen LogP contribution in [-0.4, -0.2) is 42.4 Å². The standard InChI is InChI=1S/C26H25N3O7S/c1-5-36-25(33)21-14(2)28-26-29(22(21)16-8-11-18(34-3)19(12-16)35-4)23(30)20(37-26)13-27-17-9-6-15(7-10-17)24(31)32/h6-13,22,27H,5H2,1-4H3,(H,31,32)/b20-13-/t22-/m0/s1. The average molecular weight is 524 g/mol. The Kier molecular flexibility index (Phi) is 7.44. The van der Waals surface area contributed by atoms with Crippen LogP contribution in [0.4, 0.5) is 5.69 Å². The smallest absolute Gasteiger partial charge is 0.338 e. The summed E-state index contributed by atoms with van der Waals surface area (Å²) >= 11 is 1.17. The lowest BCUT2D eigenvalue weighted by molar-refractivity contribution is -0.139. The number of nitrogens with one attached hydrogen (secondary N) is 1. The number of rotatable bonds is 8. The van der Waals surface area contributed by atoms with Crippen molar-refractivity contribution < 1.29 is 28.9 Å². The largest absolute Gasteiger partial charge is 0.493 e. The summed E-state index contributed by atoms with van der Waals surface area (Å²) in [5, 5.41) is 12.1. The molecule has 1 aliphatic heterocycles. The van der Waals surface area contributed by atoms with E-state index in [-0.39, 0.29) is 23.3 Å². The number of benzene rings is 2. The van der Waals surface area contributed by atoms with Gasteiger partial charge in [0.2, 0.25) is 0 Å². The molecule has 2 heterocycles. The number of hydrogen-bond acceptors (Lipinski definition) is 9. The van der Waals surface area contributed by atoms with Crippen LogP contribution in [0.25, 0.3) is 6.20 Å². The number of fused-ring (bicyclic) bond motifs is 1. The third-order valence-electron chi connectivity index (χ3n) is 5.74. The van der Waals surface area contributed by atoms with Crippen molar-refractivity contribution in [2.45, 2.75) is 19.9 Å². The third-order valence-corrected chi connectivity index (χ3v) is 6.73. The van der Waals surface area contributed by atoms with E-state index in [1.807, 2.05) is 0 Å². The van der Waals surface area contributed by atoms with E-state index in [2.05, 4.69) is 10.3 Å². The molecule has 0 spiro atoms. The van der Waals surface area contributed by atoms with E-state index in [1.54, 1.807) is 44.2 Å². The van der Waals surface area contributed by atoms with Crippen molar-refractivity contribution in [2.75, 3.05) is 26.1 Å². The van der Waals surface area contributed by atoms with Gasteiger partial charge in [-0.3, -0.25) is 9.36 Å². The zero-order valence-electron chi connectivity index (χ0n) is 20.6. The summed E-state index contributed by atoms with van der Waals surface area (Å²) in [6.07, 6.45) is 1.54. The van der Waals surface area contributed by atoms with Gasteiger partial charge in [0.05, 0.1) is 43.7 Å². The predicted octanol–water partition coefficient (Wildman–Crippen LogP) is 2.54. The lowest BCUT2D eigenvalue weighted by Gasteiger charge is -2.25. The number of aromatic carboxylic acids is 1. The molecule has 3 aromatic rings. The van der Waals surface area contributed by atoms with Crippen LogP contribution in [0.2, 0.25) is 0 Å². The van der Waals surface area contributed by atoms with Crippen molar-refractivity contribution >= 4 is 35.2 Å². The molecule has 1 aromatic heterocycles. The lowest BCUT2D eigenvalue weighted by Crippen LogP contribution is -2.40. The monoisotopic (exact) mass is 523 g/mol. The Balaban J connectivity index is 1.84. The Labute approximate surface area is 215 Å². The molecule has 0 fully saturated rings. The van der Waals surface area contributed by atoms with Crippen LogP contribution < -0.4 is 29.7 Å². The second kappa shape index (κ2) is 10.7. The van der Waals surface area contributed by atoms with Gasteiger partial charge in [-0.25, -0.2) is 14.6 Å². The molecule has 2 aromatic carbocycles. The Morgan fingerprint density at radius 2 is 1.84 bits per heavy atom. The van der Waals surface area contributed by atoms with Gasteiger partial charge in [-0.2, -0.15) is 0 Å². The number of carboxylic acid groups (broad SMARTS) is 1. The van der Waals surface area contributed by atoms with Gasteiger partial charge in [0.25, 0.3) is 5.56 Å². The Morgan fingerprint density at radius 1 is 1.14 bits per heavy atom. The molecule has 0 saturated carbocycles. The number of thiazole rings is 1. The van der Waals surface area contributed by atoms with Gasteiger partial charge >= 0.3 is 11.9 Å². The molecular formula is C26H25N3O7S. The van der Waals surface area contributed by atoms with E-state index < -0.39 is 18.0 Å². The van der Waals surface area contributed by atoms with Crippen LogP contribution in [0, 0.1) is 0 Å². The maximum absolute atomic E-state index is 13.6. The quantitative estimate of drug-likeness (QED) is 0.431. The van der Waals surface area contributed by atoms with Crippen LogP contribution in [0.5, 0.6) is 11.5 Å². The molecular weight excluding hydrogens is 498 g/mol. The molecule has 0 unspecified atom stereocenters. The number of esters is 1. The molecule has 0 radical (unpaired) electrons. The number of aromatic nitrogens is 1. The number of anilines is 1. The second-order valence-corrected chi connectivity index (χ2v) is 8.95. The van der Waals surface area contributed by atoms with Gasteiger partial charge in [0, 0.05) is 11.9 Å². The minimum atomic E-state index is -1.03. The van der Waals surface area contributed by atoms with E-state index in [0.717, 1.165) is 0 Å². The summed E-state index contributed by atoms with van der Waals surface area (Å²) in [6.45, 7) is 3.59. The number of carbonyl (C=O) groups excluding carboxylic acids is 1. The van der Waals surface area contributed by atoms with Gasteiger partial charge in [-0.05, 0) is 55.8 Å². The number of methoxy groups -OCH3 is 2. The van der Waals surface area contributed by atoms with Crippen molar-refractivity contribution in [3.05, 3.63) is 84.5 Å². The normalized spacial score (nSPS) is 15.0. The molecule has 0 saturated heterocycles. The molecule has 37 heavy (non-hydrogen) atoms. The molecule has 0 bridgehead atoms. The Morgan fingerprint density at radius 3 is 2.46 bits per heavy atom. The van der Waals surface area contributed by atoms with Crippen molar-refractivity contribution in [3.63, 3.8) is 0 Å². The Hall–Kier alpha value is -4.38. The number of ether oxygens (including phenoxy) is 3. The molecule has 2 N–H and O–H groups in total. The van der Waals surface area contributed by atoms with E-state index in [9.17, 15) is 14.4 Å². The molecule has 10 nitrogen and oxygen atoms in total. The van der Waals surface area contributed by atoms with Gasteiger partial charge in [0.1, 0.15) is 4.53 Å². The van der Waals surface area contributed by atoms with Gasteiger partial charge in [-0.15, -0.1) is 0 Å². The summed E-state index contributed by atoms with van der Waals surface area (Å²) in [4.78, 5) is 42.7. The van der Waals surface area contributed by atoms with E-state index in [0.29, 0.717) is 37.8 Å². The van der Waals surface area contributed by atoms with E-state index >= 15 is 0 Å². The van der Waals surface area contributed by atoms with Crippen LogP contribution in [0.1, 0.15) is 35.8 Å². The van der Waals surface area contributed by atoms with Gasteiger partial charge < -0.3 is 24.6 Å². The summed E-state index contributed by atoms with van der Waals surface area (Å²) in [6, 6.07) is 10.5. The number of hydrogen-bond donors (Lipinski definition) is 2. The van der Waals surface area contributed by atoms with E-state index in [4.69, 9.17) is 19.3 Å². The Bertz CT molecular complexity index is 1570. The van der Waals surface area contributed by atoms with Gasteiger partial charge in [-0.1, -0.05) is 17.4 Å². The summed E-state index contributed by atoms with van der Waals surface area (Å²) in [5.74, 6) is -0.626. The highest BCUT2D eigenvalue weighted by Crippen LogP contribution is 2.36. The number of allylic oxidation sites excluding steroid dienone is 1. The van der Waals surface area contributed by atoms with E-state index in [1.165, 1.54) is 48.5 Å². The molecule has 4 rings (SSSR count). The highest BCUT2D eigenvalue weighted by atomic mass is 32.1. The average Bonchev–Trinajstić information content (AvgIpc) is 3.20. The first-order valence-corrected chi connectivity index (χ1v) is 12.1. The first-order valence-electron chi connectivity index (χ1n) is 11.3. The third kappa shape index (κ3) is 4.98. The van der Waals surface area contributed by atoms with Crippen molar-refractivity contribution in [3.8, 4) is 11.5 Å². The highest BCUT2D eigenvalue weighted by molar-refractivity contribution is 7.07. The van der Waals surface area contributed by atoms with Crippen LogP contribution in [0.15, 0.2) is 63.5 Å². The lowest BCUT2D eigenvalue weighted by atomic mass is 9.95. The minimum Gasteiger partial charge on any atom is -0.493 e.